The Morgan fingerprint density at radius 2 is 1.55 bits per heavy atom. The van der Waals surface area contributed by atoms with E-state index in [2.05, 4.69) is 19.9 Å². The average Bonchev–Trinajstić information content (AvgIpc) is 3.28. The van der Waals surface area contributed by atoms with Gasteiger partial charge in [-0.1, -0.05) is 0 Å². The van der Waals surface area contributed by atoms with Crippen LogP contribution in [-0.2, 0) is 10.0 Å². The molecule has 31 heavy (non-hydrogen) atoms. The quantitative estimate of drug-likeness (QED) is 0.583. The Hall–Kier alpha value is -3.19. The zero-order chi connectivity index (χ0) is 22.1. The second kappa shape index (κ2) is 8.15. The number of piperazine rings is 1. The molecular weight excluding hydrogens is 437 g/mol. The summed E-state index contributed by atoms with van der Waals surface area (Å²) in [5.74, 6) is 0.754. The number of ether oxygens (including phenoxy) is 1. The van der Waals surface area contributed by atoms with E-state index in [0.29, 0.717) is 24.7 Å². The Balaban J connectivity index is 1.39. The molecule has 1 aromatic carbocycles. The first-order valence-electron chi connectivity index (χ1n) is 9.15. The summed E-state index contributed by atoms with van der Waals surface area (Å²) in [6, 6.07) is 7.75. The van der Waals surface area contributed by atoms with Gasteiger partial charge in [-0.25, -0.2) is 13.4 Å². The van der Waals surface area contributed by atoms with Gasteiger partial charge in [-0.15, -0.1) is 23.4 Å². The minimum Gasteiger partial charge on any atom is -0.406 e. The Morgan fingerprint density at radius 1 is 0.903 bits per heavy atom. The second-order valence-corrected chi connectivity index (χ2v) is 8.57. The average molecular weight is 454 g/mol. The van der Waals surface area contributed by atoms with E-state index in [-0.39, 0.29) is 18.0 Å². The molecule has 0 saturated carbocycles. The van der Waals surface area contributed by atoms with Crippen molar-refractivity contribution in [1.82, 2.24) is 24.1 Å². The minimum absolute atomic E-state index is 0.0973. The lowest BCUT2D eigenvalue weighted by atomic mass is 10.3. The highest BCUT2D eigenvalue weighted by Crippen LogP contribution is 2.26. The molecule has 2 aromatic heterocycles. The molecule has 0 bridgehead atoms. The lowest BCUT2D eigenvalue weighted by molar-refractivity contribution is -0.274. The third-order valence-electron chi connectivity index (χ3n) is 4.66. The molecule has 13 heteroatoms. The molecule has 0 spiro atoms. The standard InChI is InChI=1S/C18H17F3N6O3S/c19-18(20,21)30-14-1-3-15(4-2-14)31(28,29)27-11-9-25(10-12-27)16-5-6-17(24-23-16)26-8-7-22-13-26/h1-8,13H,9-12H2. The Bertz CT molecular complexity index is 1110. The molecule has 3 heterocycles. The number of benzene rings is 1. The normalized spacial score (nSPS) is 15.8. The van der Waals surface area contributed by atoms with Gasteiger partial charge in [0.25, 0.3) is 0 Å². The highest BCUT2D eigenvalue weighted by Gasteiger charge is 2.32. The van der Waals surface area contributed by atoms with Crippen molar-refractivity contribution < 1.29 is 26.3 Å². The first kappa shape index (κ1) is 21.1. The SMILES string of the molecule is O=S(=O)(c1ccc(OC(F)(F)F)cc1)N1CCN(c2ccc(-n3ccnc3)nn2)CC1. The van der Waals surface area contributed by atoms with Crippen molar-refractivity contribution >= 4 is 15.8 Å². The molecule has 0 atom stereocenters. The van der Waals surface area contributed by atoms with Crippen molar-refractivity contribution in [2.24, 2.45) is 0 Å². The lowest BCUT2D eigenvalue weighted by Gasteiger charge is -2.34. The molecule has 0 N–H and O–H groups in total. The van der Waals surface area contributed by atoms with Crippen molar-refractivity contribution in [3.8, 4) is 11.6 Å². The van der Waals surface area contributed by atoms with Gasteiger partial charge in [0.1, 0.15) is 12.1 Å². The molecular formula is C18H17F3N6O3S. The van der Waals surface area contributed by atoms with E-state index in [9.17, 15) is 21.6 Å². The molecule has 3 aromatic rings. The summed E-state index contributed by atoms with van der Waals surface area (Å²) in [5.41, 5.74) is 0. The van der Waals surface area contributed by atoms with E-state index < -0.39 is 22.1 Å². The smallest absolute Gasteiger partial charge is 0.406 e. The second-order valence-electron chi connectivity index (χ2n) is 6.63. The maximum atomic E-state index is 12.8. The van der Waals surface area contributed by atoms with E-state index in [1.807, 2.05) is 4.90 Å². The zero-order valence-electron chi connectivity index (χ0n) is 16.0. The van der Waals surface area contributed by atoms with Crippen LogP contribution in [0, 0.1) is 0 Å². The first-order chi connectivity index (χ1) is 14.7. The van der Waals surface area contributed by atoms with E-state index in [1.54, 1.807) is 35.4 Å². The van der Waals surface area contributed by atoms with Crippen LogP contribution in [-0.4, -0.2) is 65.0 Å². The van der Waals surface area contributed by atoms with Gasteiger partial charge in [-0.3, -0.25) is 4.57 Å². The number of imidazole rings is 1. The maximum Gasteiger partial charge on any atom is 0.573 e. The van der Waals surface area contributed by atoms with Gasteiger partial charge in [0.15, 0.2) is 11.6 Å². The highest BCUT2D eigenvalue weighted by atomic mass is 32.2. The molecule has 0 aliphatic carbocycles. The number of rotatable bonds is 5. The predicted molar refractivity (Wildman–Crippen MR) is 103 cm³/mol. The first-order valence-corrected chi connectivity index (χ1v) is 10.6. The van der Waals surface area contributed by atoms with Crippen LogP contribution in [0.1, 0.15) is 0 Å². The fourth-order valence-electron chi connectivity index (χ4n) is 3.14. The number of hydrogen-bond acceptors (Lipinski definition) is 7. The van der Waals surface area contributed by atoms with Crippen LogP contribution in [0.4, 0.5) is 19.0 Å². The highest BCUT2D eigenvalue weighted by molar-refractivity contribution is 7.89. The van der Waals surface area contributed by atoms with Crippen molar-refractivity contribution in [2.45, 2.75) is 11.3 Å². The summed E-state index contributed by atoms with van der Waals surface area (Å²) in [7, 11) is -3.84. The number of halogens is 3. The van der Waals surface area contributed by atoms with Crippen LogP contribution in [0.5, 0.6) is 5.75 Å². The van der Waals surface area contributed by atoms with Gasteiger partial charge < -0.3 is 9.64 Å². The van der Waals surface area contributed by atoms with Crippen molar-refractivity contribution in [2.75, 3.05) is 31.1 Å². The maximum absolute atomic E-state index is 12.8. The summed E-state index contributed by atoms with van der Waals surface area (Å²) in [4.78, 5) is 5.77. The van der Waals surface area contributed by atoms with Gasteiger partial charge in [-0.05, 0) is 36.4 Å². The van der Waals surface area contributed by atoms with Gasteiger partial charge in [0, 0.05) is 38.6 Å². The van der Waals surface area contributed by atoms with Crippen LogP contribution in [0.2, 0.25) is 0 Å². The fourth-order valence-corrected chi connectivity index (χ4v) is 4.56. The number of nitrogens with zero attached hydrogens (tertiary/aromatic N) is 6. The number of hydrogen-bond donors (Lipinski definition) is 0. The topological polar surface area (TPSA) is 93.5 Å². The molecule has 0 unspecified atom stereocenters. The number of anilines is 1. The van der Waals surface area contributed by atoms with Crippen LogP contribution in [0.15, 0.2) is 60.0 Å². The molecule has 1 aliphatic rings. The Labute approximate surface area is 175 Å². The fraction of sp³-hybridized carbons (Fsp3) is 0.278. The molecule has 1 fully saturated rings. The molecule has 164 valence electrons. The van der Waals surface area contributed by atoms with E-state index in [0.717, 1.165) is 24.3 Å². The van der Waals surface area contributed by atoms with E-state index >= 15 is 0 Å². The van der Waals surface area contributed by atoms with Gasteiger partial charge in [0.05, 0.1) is 4.90 Å². The van der Waals surface area contributed by atoms with Crippen LogP contribution < -0.4 is 9.64 Å². The van der Waals surface area contributed by atoms with Crippen molar-refractivity contribution in [1.29, 1.82) is 0 Å². The molecule has 0 radical (unpaired) electrons. The molecule has 4 rings (SSSR count). The molecule has 0 amide bonds. The van der Waals surface area contributed by atoms with E-state index in [1.165, 1.54) is 4.31 Å². The summed E-state index contributed by atoms with van der Waals surface area (Å²) in [6.07, 6.45) is 0.146. The third-order valence-corrected chi connectivity index (χ3v) is 6.58. The summed E-state index contributed by atoms with van der Waals surface area (Å²) >= 11 is 0. The van der Waals surface area contributed by atoms with Gasteiger partial charge in [-0.2, -0.15) is 4.31 Å². The van der Waals surface area contributed by atoms with Crippen LogP contribution in [0.25, 0.3) is 5.82 Å². The molecule has 1 saturated heterocycles. The van der Waals surface area contributed by atoms with Crippen LogP contribution in [0.3, 0.4) is 0 Å². The predicted octanol–water partition coefficient (Wildman–Crippen LogP) is 2.07. The number of aromatic nitrogens is 4. The van der Waals surface area contributed by atoms with E-state index in [4.69, 9.17) is 0 Å². The monoisotopic (exact) mass is 454 g/mol. The minimum atomic E-state index is -4.84. The van der Waals surface area contributed by atoms with Crippen molar-refractivity contribution in [3.63, 3.8) is 0 Å². The zero-order valence-corrected chi connectivity index (χ0v) is 16.8. The largest absolute Gasteiger partial charge is 0.573 e. The van der Waals surface area contributed by atoms with Crippen LogP contribution >= 0.6 is 0 Å². The summed E-state index contributed by atoms with van der Waals surface area (Å²) in [5, 5.41) is 8.35. The molecule has 9 nitrogen and oxygen atoms in total. The lowest BCUT2D eigenvalue weighted by Crippen LogP contribution is -2.49. The number of sulfonamides is 1. The summed E-state index contributed by atoms with van der Waals surface area (Å²) in [6.45, 7) is 1.20. The Morgan fingerprint density at radius 3 is 2.10 bits per heavy atom. The number of alkyl halides is 3. The van der Waals surface area contributed by atoms with Gasteiger partial charge >= 0.3 is 6.36 Å². The molecule has 1 aliphatic heterocycles. The Kier molecular flexibility index (Phi) is 5.54. The summed E-state index contributed by atoms with van der Waals surface area (Å²) < 4.78 is 69.2. The third kappa shape index (κ3) is 4.77. The van der Waals surface area contributed by atoms with Gasteiger partial charge in [0.2, 0.25) is 10.0 Å². The van der Waals surface area contributed by atoms with Crippen molar-refractivity contribution in [3.05, 3.63) is 55.1 Å².